The maximum atomic E-state index is 12.2. The molecular weight excluding hydrogens is 262 g/mol. The Morgan fingerprint density at radius 2 is 2.00 bits per heavy atom. The van der Waals surface area contributed by atoms with Crippen LogP contribution < -0.4 is 5.32 Å². The molecule has 1 N–H and O–H groups in total. The number of hydrogen-bond acceptors (Lipinski definition) is 3. The molecule has 0 amide bonds. The predicted molar refractivity (Wildman–Crippen MR) is 87.1 cm³/mol. The standard InChI is InChI=1S/C18H27NO2/c1-5-6-12-21-18(20)17(13-14(2)3)19-15(4)16-10-8-7-9-11-16/h7-11,15,17,19H,2,5-6,12-13H2,1,3-4H3/t15-,17+/m0/s1. The topological polar surface area (TPSA) is 38.3 Å². The van der Waals surface area contributed by atoms with Crippen molar-refractivity contribution >= 4 is 5.97 Å². The highest BCUT2D eigenvalue weighted by Crippen LogP contribution is 2.15. The van der Waals surface area contributed by atoms with E-state index in [1.165, 1.54) is 0 Å². The minimum Gasteiger partial charge on any atom is -0.465 e. The van der Waals surface area contributed by atoms with Gasteiger partial charge in [0.05, 0.1) is 6.61 Å². The van der Waals surface area contributed by atoms with E-state index in [1.807, 2.05) is 25.1 Å². The van der Waals surface area contributed by atoms with Gasteiger partial charge in [0.25, 0.3) is 0 Å². The Hall–Kier alpha value is -1.61. The molecule has 1 aromatic rings. The zero-order chi connectivity index (χ0) is 15.7. The molecule has 116 valence electrons. The number of unbranched alkanes of at least 4 members (excludes halogenated alkanes) is 1. The van der Waals surface area contributed by atoms with Gasteiger partial charge in [-0.05, 0) is 32.3 Å². The summed E-state index contributed by atoms with van der Waals surface area (Å²) in [5, 5.41) is 3.36. The number of ether oxygens (including phenoxy) is 1. The molecule has 0 aliphatic carbocycles. The van der Waals surface area contributed by atoms with Crippen LogP contribution in [0.3, 0.4) is 0 Å². The lowest BCUT2D eigenvalue weighted by atomic mass is 10.0. The number of rotatable bonds is 9. The lowest BCUT2D eigenvalue weighted by Gasteiger charge is -2.22. The number of hydrogen-bond donors (Lipinski definition) is 1. The van der Waals surface area contributed by atoms with Crippen LogP contribution in [0.15, 0.2) is 42.5 Å². The van der Waals surface area contributed by atoms with E-state index in [0.717, 1.165) is 24.0 Å². The molecule has 1 rings (SSSR count). The van der Waals surface area contributed by atoms with Crippen LogP contribution in [0.1, 0.15) is 51.6 Å². The van der Waals surface area contributed by atoms with Crippen LogP contribution in [0.2, 0.25) is 0 Å². The zero-order valence-corrected chi connectivity index (χ0v) is 13.4. The molecule has 0 aromatic heterocycles. The maximum Gasteiger partial charge on any atom is 0.323 e. The van der Waals surface area contributed by atoms with Gasteiger partial charge in [-0.2, -0.15) is 0 Å². The zero-order valence-electron chi connectivity index (χ0n) is 13.4. The van der Waals surface area contributed by atoms with Crippen molar-refractivity contribution in [3.8, 4) is 0 Å². The maximum absolute atomic E-state index is 12.2. The highest BCUT2D eigenvalue weighted by molar-refractivity contribution is 5.76. The Kier molecular flexibility index (Phi) is 7.76. The molecule has 0 unspecified atom stereocenters. The van der Waals surface area contributed by atoms with Crippen molar-refractivity contribution in [1.82, 2.24) is 5.32 Å². The van der Waals surface area contributed by atoms with E-state index >= 15 is 0 Å². The minimum atomic E-state index is -0.338. The van der Waals surface area contributed by atoms with Gasteiger partial charge in [-0.15, -0.1) is 6.58 Å². The normalized spacial score (nSPS) is 13.5. The van der Waals surface area contributed by atoms with Crippen molar-refractivity contribution in [3.05, 3.63) is 48.0 Å². The summed E-state index contributed by atoms with van der Waals surface area (Å²) in [6, 6.07) is 9.85. The first kappa shape index (κ1) is 17.4. The third-order valence-corrected chi connectivity index (χ3v) is 3.33. The molecule has 0 saturated heterocycles. The van der Waals surface area contributed by atoms with E-state index in [0.29, 0.717) is 13.0 Å². The molecule has 0 aliphatic rings. The molecule has 1 aromatic carbocycles. The molecule has 0 saturated carbocycles. The molecule has 0 fully saturated rings. The van der Waals surface area contributed by atoms with Gasteiger partial charge in [-0.1, -0.05) is 49.2 Å². The van der Waals surface area contributed by atoms with Crippen molar-refractivity contribution in [2.45, 2.75) is 52.1 Å². The SMILES string of the molecule is C=C(C)C[C@@H](N[C@@H](C)c1ccccc1)C(=O)OCCCC. The highest BCUT2D eigenvalue weighted by atomic mass is 16.5. The van der Waals surface area contributed by atoms with E-state index in [-0.39, 0.29) is 18.1 Å². The van der Waals surface area contributed by atoms with Gasteiger partial charge in [0.2, 0.25) is 0 Å². The fraction of sp³-hybridized carbons (Fsp3) is 0.500. The van der Waals surface area contributed by atoms with E-state index in [4.69, 9.17) is 4.74 Å². The summed E-state index contributed by atoms with van der Waals surface area (Å²) in [6.45, 7) is 10.5. The predicted octanol–water partition coefficient (Wildman–Crippen LogP) is 4.02. The van der Waals surface area contributed by atoms with Crippen molar-refractivity contribution in [2.75, 3.05) is 6.61 Å². The quantitative estimate of drug-likeness (QED) is 0.424. The summed E-state index contributed by atoms with van der Waals surface area (Å²) < 4.78 is 5.34. The van der Waals surface area contributed by atoms with E-state index in [9.17, 15) is 4.79 Å². The van der Waals surface area contributed by atoms with Crippen LogP contribution in [-0.2, 0) is 9.53 Å². The number of nitrogens with one attached hydrogen (secondary N) is 1. The summed E-state index contributed by atoms with van der Waals surface area (Å²) in [7, 11) is 0. The monoisotopic (exact) mass is 289 g/mol. The van der Waals surface area contributed by atoms with Gasteiger partial charge in [0, 0.05) is 6.04 Å². The summed E-state index contributed by atoms with van der Waals surface area (Å²) in [6.07, 6.45) is 2.52. The first-order chi connectivity index (χ1) is 10.0. The van der Waals surface area contributed by atoms with Crippen molar-refractivity contribution in [2.24, 2.45) is 0 Å². The molecule has 21 heavy (non-hydrogen) atoms. The van der Waals surface area contributed by atoms with Gasteiger partial charge < -0.3 is 4.74 Å². The number of esters is 1. The first-order valence-corrected chi connectivity index (χ1v) is 7.66. The largest absolute Gasteiger partial charge is 0.465 e. The number of benzene rings is 1. The van der Waals surface area contributed by atoms with Gasteiger partial charge in [-0.3, -0.25) is 10.1 Å². The molecule has 0 aliphatic heterocycles. The fourth-order valence-electron chi connectivity index (χ4n) is 2.12. The fourth-order valence-corrected chi connectivity index (χ4v) is 2.12. The van der Waals surface area contributed by atoms with Crippen LogP contribution in [0.25, 0.3) is 0 Å². The molecule has 0 spiro atoms. The molecule has 3 nitrogen and oxygen atoms in total. The van der Waals surface area contributed by atoms with Crippen LogP contribution >= 0.6 is 0 Å². The van der Waals surface area contributed by atoms with Gasteiger partial charge >= 0.3 is 5.97 Å². The van der Waals surface area contributed by atoms with Crippen LogP contribution in [0.4, 0.5) is 0 Å². The Labute approximate surface area is 128 Å². The second-order valence-corrected chi connectivity index (χ2v) is 5.53. The lowest BCUT2D eigenvalue weighted by molar-refractivity contribution is -0.146. The first-order valence-electron chi connectivity index (χ1n) is 7.66. The summed E-state index contributed by atoms with van der Waals surface area (Å²) in [5.74, 6) is -0.186. The average molecular weight is 289 g/mol. The molecule has 0 bridgehead atoms. The Morgan fingerprint density at radius 1 is 1.33 bits per heavy atom. The number of carbonyl (C=O) groups excluding carboxylic acids is 1. The van der Waals surface area contributed by atoms with E-state index in [2.05, 4.69) is 37.9 Å². The highest BCUT2D eigenvalue weighted by Gasteiger charge is 2.22. The van der Waals surface area contributed by atoms with Gasteiger partial charge in [0.15, 0.2) is 0 Å². The molecule has 0 radical (unpaired) electrons. The van der Waals surface area contributed by atoms with Crippen LogP contribution in [-0.4, -0.2) is 18.6 Å². The summed E-state index contributed by atoms with van der Waals surface area (Å²) >= 11 is 0. The van der Waals surface area contributed by atoms with Crippen molar-refractivity contribution in [3.63, 3.8) is 0 Å². The molecule has 2 atom stereocenters. The summed E-state index contributed by atoms with van der Waals surface area (Å²) in [4.78, 5) is 12.2. The van der Waals surface area contributed by atoms with E-state index in [1.54, 1.807) is 0 Å². The van der Waals surface area contributed by atoms with Gasteiger partial charge in [0.1, 0.15) is 6.04 Å². The summed E-state index contributed by atoms with van der Waals surface area (Å²) in [5.41, 5.74) is 2.13. The molecule has 3 heteroatoms. The van der Waals surface area contributed by atoms with Crippen LogP contribution in [0, 0.1) is 0 Å². The Morgan fingerprint density at radius 3 is 2.57 bits per heavy atom. The second-order valence-electron chi connectivity index (χ2n) is 5.53. The van der Waals surface area contributed by atoms with Crippen molar-refractivity contribution < 1.29 is 9.53 Å². The van der Waals surface area contributed by atoms with Gasteiger partial charge in [-0.25, -0.2) is 0 Å². The van der Waals surface area contributed by atoms with E-state index < -0.39 is 0 Å². The minimum absolute atomic E-state index is 0.0919. The van der Waals surface area contributed by atoms with Crippen molar-refractivity contribution in [1.29, 1.82) is 0 Å². The Bertz CT molecular complexity index is 442. The van der Waals surface area contributed by atoms with Crippen LogP contribution in [0.5, 0.6) is 0 Å². The number of carbonyl (C=O) groups is 1. The molecular formula is C18H27NO2. The molecule has 0 heterocycles. The Balaban J connectivity index is 2.64. The average Bonchev–Trinajstić information content (AvgIpc) is 2.47. The third kappa shape index (κ3) is 6.58. The third-order valence-electron chi connectivity index (χ3n) is 3.33. The lowest BCUT2D eigenvalue weighted by Crippen LogP contribution is -2.39. The smallest absolute Gasteiger partial charge is 0.323 e. The second kappa shape index (κ2) is 9.35.